The van der Waals surface area contributed by atoms with Crippen LogP contribution in [0.25, 0.3) is 0 Å². The Morgan fingerprint density at radius 2 is 1.62 bits per heavy atom. The molecule has 0 bridgehead atoms. The van der Waals surface area contributed by atoms with Crippen LogP contribution in [0.15, 0.2) is 65.8 Å². The number of ether oxygens (including phenoxy) is 4. The maximum Gasteiger partial charge on any atom is 0.343 e. The first-order chi connectivity index (χ1) is 16.4. The molecule has 8 nitrogen and oxygen atoms in total. The van der Waals surface area contributed by atoms with Gasteiger partial charge in [-0.2, -0.15) is 5.10 Å². The van der Waals surface area contributed by atoms with Gasteiger partial charge in [-0.3, -0.25) is 4.79 Å². The smallest absolute Gasteiger partial charge is 0.343 e. The summed E-state index contributed by atoms with van der Waals surface area (Å²) in [5, 5.41) is 3.95. The largest absolute Gasteiger partial charge is 0.497 e. The average Bonchev–Trinajstić information content (AvgIpc) is 2.84. The Morgan fingerprint density at radius 1 is 0.912 bits per heavy atom. The molecule has 8 heteroatoms. The van der Waals surface area contributed by atoms with Crippen molar-refractivity contribution in [1.82, 2.24) is 5.43 Å². The van der Waals surface area contributed by atoms with Crippen molar-refractivity contribution in [2.24, 2.45) is 5.10 Å². The average molecular weight is 463 g/mol. The molecule has 0 radical (unpaired) electrons. The third kappa shape index (κ3) is 6.35. The van der Waals surface area contributed by atoms with Crippen LogP contribution in [0, 0.1) is 13.8 Å². The summed E-state index contributed by atoms with van der Waals surface area (Å²) >= 11 is 0. The van der Waals surface area contributed by atoms with Gasteiger partial charge in [0, 0.05) is 0 Å². The summed E-state index contributed by atoms with van der Waals surface area (Å²) in [6.45, 7) is 3.68. The van der Waals surface area contributed by atoms with Gasteiger partial charge in [0.05, 0.1) is 26.0 Å². The van der Waals surface area contributed by atoms with Crippen molar-refractivity contribution in [3.8, 4) is 23.0 Å². The molecule has 0 saturated heterocycles. The molecule has 176 valence electrons. The monoisotopic (exact) mass is 462 g/mol. The SMILES string of the molecule is COc1ccc(C(=O)Oc2ccc(C=NNC(=O)COc3c(C)cccc3C)cc2OC)cc1. The molecule has 0 aliphatic carbocycles. The minimum atomic E-state index is -0.529. The van der Waals surface area contributed by atoms with Crippen LogP contribution in [-0.2, 0) is 4.79 Å². The van der Waals surface area contributed by atoms with Crippen LogP contribution < -0.4 is 24.4 Å². The van der Waals surface area contributed by atoms with E-state index in [9.17, 15) is 9.59 Å². The van der Waals surface area contributed by atoms with Crippen molar-refractivity contribution in [3.63, 3.8) is 0 Å². The summed E-state index contributed by atoms with van der Waals surface area (Å²) in [5.41, 5.74) is 5.34. The van der Waals surface area contributed by atoms with E-state index >= 15 is 0 Å². The molecule has 0 aliphatic rings. The number of nitrogens with one attached hydrogen (secondary N) is 1. The number of amides is 1. The number of carbonyl (C=O) groups is 2. The number of para-hydroxylation sites is 1. The molecule has 3 aromatic rings. The third-order valence-corrected chi connectivity index (χ3v) is 4.88. The normalized spacial score (nSPS) is 10.6. The van der Waals surface area contributed by atoms with Gasteiger partial charge < -0.3 is 18.9 Å². The van der Waals surface area contributed by atoms with Crippen LogP contribution in [0.2, 0.25) is 0 Å². The molecule has 1 N–H and O–H groups in total. The molecular formula is C26H26N2O6. The zero-order valence-corrected chi connectivity index (χ0v) is 19.5. The van der Waals surface area contributed by atoms with Crippen molar-refractivity contribution in [2.75, 3.05) is 20.8 Å². The van der Waals surface area contributed by atoms with Gasteiger partial charge in [-0.15, -0.1) is 0 Å². The lowest BCUT2D eigenvalue weighted by atomic mass is 10.1. The fourth-order valence-corrected chi connectivity index (χ4v) is 3.11. The molecule has 3 aromatic carbocycles. The van der Waals surface area contributed by atoms with E-state index < -0.39 is 11.9 Å². The topological polar surface area (TPSA) is 95.5 Å². The Morgan fingerprint density at radius 3 is 2.26 bits per heavy atom. The van der Waals surface area contributed by atoms with Gasteiger partial charge >= 0.3 is 5.97 Å². The highest BCUT2D eigenvalue weighted by Crippen LogP contribution is 2.28. The highest BCUT2D eigenvalue weighted by Gasteiger charge is 2.13. The van der Waals surface area contributed by atoms with E-state index in [0.717, 1.165) is 11.1 Å². The number of rotatable bonds is 9. The fourth-order valence-electron chi connectivity index (χ4n) is 3.11. The number of hydrogen-bond donors (Lipinski definition) is 1. The Kier molecular flexibility index (Phi) is 8.23. The quantitative estimate of drug-likeness (QED) is 0.223. The molecule has 0 spiro atoms. The number of carbonyl (C=O) groups excluding carboxylic acids is 2. The summed E-state index contributed by atoms with van der Waals surface area (Å²) in [6.07, 6.45) is 1.45. The van der Waals surface area contributed by atoms with E-state index in [1.165, 1.54) is 13.3 Å². The minimum absolute atomic E-state index is 0.160. The predicted octanol–water partition coefficient (Wildman–Crippen LogP) is 4.07. The van der Waals surface area contributed by atoms with Gasteiger partial charge in [-0.1, -0.05) is 18.2 Å². The van der Waals surface area contributed by atoms with E-state index in [1.807, 2.05) is 32.0 Å². The molecular weight excluding hydrogens is 436 g/mol. The number of methoxy groups -OCH3 is 2. The van der Waals surface area contributed by atoms with Gasteiger partial charge in [0.2, 0.25) is 0 Å². The second-order valence-corrected chi connectivity index (χ2v) is 7.33. The Balaban J connectivity index is 1.57. The Hall–Kier alpha value is -4.33. The summed E-state index contributed by atoms with van der Waals surface area (Å²) in [4.78, 5) is 24.5. The van der Waals surface area contributed by atoms with Crippen LogP contribution >= 0.6 is 0 Å². The van der Waals surface area contributed by atoms with Crippen molar-refractivity contribution in [1.29, 1.82) is 0 Å². The maximum atomic E-state index is 12.4. The molecule has 0 aromatic heterocycles. The van der Waals surface area contributed by atoms with Crippen molar-refractivity contribution >= 4 is 18.1 Å². The number of esters is 1. The second kappa shape index (κ2) is 11.5. The van der Waals surface area contributed by atoms with Gasteiger partial charge in [0.15, 0.2) is 18.1 Å². The van der Waals surface area contributed by atoms with Crippen LogP contribution in [-0.4, -0.2) is 38.9 Å². The molecule has 0 fully saturated rings. The van der Waals surface area contributed by atoms with E-state index in [1.54, 1.807) is 49.6 Å². The molecule has 0 aliphatic heterocycles. The minimum Gasteiger partial charge on any atom is -0.497 e. The van der Waals surface area contributed by atoms with Crippen LogP contribution in [0.1, 0.15) is 27.0 Å². The molecule has 34 heavy (non-hydrogen) atoms. The first-order valence-corrected chi connectivity index (χ1v) is 10.5. The number of hydrogen-bond acceptors (Lipinski definition) is 7. The molecule has 1 amide bonds. The summed E-state index contributed by atoms with van der Waals surface area (Å²) in [6, 6.07) is 17.3. The van der Waals surface area contributed by atoms with Crippen molar-refractivity contribution in [3.05, 3.63) is 82.9 Å². The highest BCUT2D eigenvalue weighted by atomic mass is 16.6. The number of hydrazone groups is 1. The molecule has 0 unspecified atom stereocenters. The summed E-state index contributed by atoms with van der Waals surface area (Å²) in [5.74, 6) is 1.00. The number of benzene rings is 3. The highest BCUT2D eigenvalue weighted by molar-refractivity contribution is 5.92. The zero-order chi connectivity index (χ0) is 24.5. The first kappa shape index (κ1) is 24.3. The van der Waals surface area contributed by atoms with Crippen LogP contribution in [0.3, 0.4) is 0 Å². The lowest BCUT2D eigenvalue weighted by Gasteiger charge is -2.11. The van der Waals surface area contributed by atoms with Gasteiger partial charge in [0.1, 0.15) is 11.5 Å². The van der Waals surface area contributed by atoms with Gasteiger partial charge in [-0.05, 0) is 73.0 Å². The summed E-state index contributed by atoms with van der Waals surface area (Å²) in [7, 11) is 3.02. The van der Waals surface area contributed by atoms with E-state index in [4.69, 9.17) is 18.9 Å². The van der Waals surface area contributed by atoms with Gasteiger partial charge in [-0.25, -0.2) is 10.2 Å². The lowest BCUT2D eigenvalue weighted by molar-refractivity contribution is -0.123. The van der Waals surface area contributed by atoms with E-state index in [2.05, 4.69) is 10.5 Å². The van der Waals surface area contributed by atoms with Crippen molar-refractivity contribution in [2.45, 2.75) is 13.8 Å². The number of aryl methyl sites for hydroxylation is 2. The molecule has 3 rings (SSSR count). The first-order valence-electron chi connectivity index (χ1n) is 10.5. The zero-order valence-electron chi connectivity index (χ0n) is 19.5. The molecule has 0 saturated carbocycles. The number of nitrogens with zero attached hydrogens (tertiary/aromatic N) is 1. The van der Waals surface area contributed by atoms with E-state index in [0.29, 0.717) is 28.4 Å². The molecule has 0 heterocycles. The summed E-state index contributed by atoms with van der Waals surface area (Å²) < 4.78 is 21.5. The van der Waals surface area contributed by atoms with Crippen LogP contribution in [0.5, 0.6) is 23.0 Å². The standard InChI is InChI=1S/C26H26N2O6/c1-17-6-5-7-18(2)25(17)33-16-24(29)28-27-15-19-8-13-22(23(14-19)32-4)34-26(30)20-9-11-21(31-3)12-10-20/h5-15H,16H2,1-4H3,(H,28,29). The molecule has 0 atom stereocenters. The maximum absolute atomic E-state index is 12.4. The Bertz CT molecular complexity index is 1170. The van der Waals surface area contributed by atoms with E-state index in [-0.39, 0.29) is 12.4 Å². The Labute approximate surface area is 198 Å². The lowest BCUT2D eigenvalue weighted by Crippen LogP contribution is -2.25. The van der Waals surface area contributed by atoms with Gasteiger partial charge in [0.25, 0.3) is 5.91 Å². The second-order valence-electron chi connectivity index (χ2n) is 7.33. The van der Waals surface area contributed by atoms with Crippen LogP contribution in [0.4, 0.5) is 0 Å². The third-order valence-electron chi connectivity index (χ3n) is 4.88. The predicted molar refractivity (Wildman–Crippen MR) is 128 cm³/mol. The van der Waals surface area contributed by atoms with Crippen molar-refractivity contribution < 1.29 is 28.5 Å². The fraction of sp³-hybridized carbons (Fsp3) is 0.192.